The number of rotatable bonds is 5. The first-order chi connectivity index (χ1) is 17.4. The molecule has 1 fully saturated rings. The predicted octanol–water partition coefficient (Wildman–Crippen LogP) is 4.41. The zero-order valence-electron chi connectivity index (χ0n) is 20.1. The number of aryl methyl sites for hydroxylation is 1. The fourth-order valence-electron chi connectivity index (χ4n) is 4.56. The summed E-state index contributed by atoms with van der Waals surface area (Å²) in [6, 6.07) is 16.4. The van der Waals surface area contributed by atoms with Crippen molar-refractivity contribution < 1.29 is 33.6 Å². The van der Waals surface area contributed by atoms with Gasteiger partial charge >= 0.3 is 0 Å². The average Bonchev–Trinajstić information content (AvgIpc) is 3.18. The van der Waals surface area contributed by atoms with Gasteiger partial charge in [-0.1, -0.05) is 12.1 Å². The first-order valence-electron chi connectivity index (χ1n) is 11.4. The Morgan fingerprint density at radius 3 is 2.22 bits per heavy atom. The molecule has 1 saturated heterocycles. The van der Waals surface area contributed by atoms with Crippen LogP contribution in [0.2, 0.25) is 0 Å². The summed E-state index contributed by atoms with van der Waals surface area (Å²) in [6.07, 6.45) is 0. The third-order valence-electron chi connectivity index (χ3n) is 6.37. The van der Waals surface area contributed by atoms with Crippen LogP contribution in [0.1, 0.15) is 22.7 Å². The molecule has 36 heavy (non-hydrogen) atoms. The van der Waals surface area contributed by atoms with Crippen LogP contribution in [-0.4, -0.2) is 44.2 Å². The van der Waals surface area contributed by atoms with E-state index in [2.05, 4.69) is 0 Å². The lowest BCUT2D eigenvalue weighted by Crippen LogP contribution is -2.29. The summed E-state index contributed by atoms with van der Waals surface area (Å²) in [4.78, 5) is 28.2. The van der Waals surface area contributed by atoms with E-state index >= 15 is 0 Å². The number of fused-ring (bicyclic) bond motifs is 1. The van der Waals surface area contributed by atoms with E-state index in [0.29, 0.717) is 58.6 Å². The van der Waals surface area contributed by atoms with E-state index in [0.717, 1.165) is 0 Å². The van der Waals surface area contributed by atoms with Crippen molar-refractivity contribution in [3.63, 3.8) is 0 Å². The average molecular weight is 488 g/mol. The molecular formula is C28H25NO7. The highest BCUT2D eigenvalue weighted by molar-refractivity contribution is 6.51. The van der Waals surface area contributed by atoms with Crippen LogP contribution in [0.25, 0.3) is 5.76 Å². The third kappa shape index (κ3) is 3.90. The van der Waals surface area contributed by atoms with E-state index in [4.69, 9.17) is 18.9 Å². The molecule has 1 unspecified atom stereocenters. The zero-order chi connectivity index (χ0) is 25.4. The molecule has 0 bridgehead atoms. The van der Waals surface area contributed by atoms with Gasteiger partial charge in [0, 0.05) is 17.3 Å². The number of hydrogen-bond donors (Lipinski definition) is 1. The van der Waals surface area contributed by atoms with Crippen LogP contribution < -0.4 is 23.8 Å². The molecule has 8 heteroatoms. The van der Waals surface area contributed by atoms with Crippen LogP contribution in [0, 0.1) is 6.92 Å². The van der Waals surface area contributed by atoms with Gasteiger partial charge in [-0.2, -0.15) is 0 Å². The number of Topliss-reactive ketones (excluding diaryl/α,β-unsaturated/α-hetero) is 1. The summed E-state index contributed by atoms with van der Waals surface area (Å²) in [6.45, 7) is 2.62. The molecule has 0 aromatic heterocycles. The van der Waals surface area contributed by atoms with Gasteiger partial charge in [-0.25, -0.2) is 0 Å². The Balaban J connectivity index is 1.69. The summed E-state index contributed by atoms with van der Waals surface area (Å²) >= 11 is 0. The first-order valence-corrected chi connectivity index (χ1v) is 11.4. The number of nitrogens with zero attached hydrogens (tertiary/aromatic N) is 1. The molecule has 3 aromatic rings. The number of ether oxygens (including phenoxy) is 4. The van der Waals surface area contributed by atoms with Crippen molar-refractivity contribution in [2.75, 3.05) is 32.3 Å². The van der Waals surface area contributed by atoms with Crippen molar-refractivity contribution >= 4 is 23.1 Å². The van der Waals surface area contributed by atoms with Crippen molar-refractivity contribution in [2.24, 2.45) is 0 Å². The topological polar surface area (TPSA) is 94.5 Å². The molecular weight excluding hydrogens is 462 g/mol. The summed E-state index contributed by atoms with van der Waals surface area (Å²) < 4.78 is 21.8. The monoisotopic (exact) mass is 487 g/mol. The highest BCUT2D eigenvalue weighted by Crippen LogP contribution is 2.45. The summed E-state index contributed by atoms with van der Waals surface area (Å²) in [5.41, 5.74) is 2.22. The Kier molecular flexibility index (Phi) is 6.01. The minimum Gasteiger partial charge on any atom is -0.507 e. The zero-order valence-corrected chi connectivity index (χ0v) is 20.1. The Hall–Kier alpha value is -4.46. The summed E-state index contributed by atoms with van der Waals surface area (Å²) in [5.74, 6) is 0.512. The van der Waals surface area contributed by atoms with Gasteiger partial charge < -0.3 is 24.1 Å². The van der Waals surface area contributed by atoms with Crippen LogP contribution in [-0.2, 0) is 9.59 Å². The van der Waals surface area contributed by atoms with Gasteiger partial charge in [0.25, 0.3) is 11.7 Å². The van der Waals surface area contributed by atoms with Gasteiger partial charge in [0.05, 0.1) is 25.8 Å². The molecule has 1 N–H and O–H groups in total. The fraction of sp³-hybridized carbons (Fsp3) is 0.214. The van der Waals surface area contributed by atoms with Gasteiger partial charge in [-0.3, -0.25) is 14.5 Å². The maximum absolute atomic E-state index is 13.4. The smallest absolute Gasteiger partial charge is 0.300 e. The number of amides is 1. The molecule has 0 saturated carbocycles. The van der Waals surface area contributed by atoms with Crippen LogP contribution >= 0.6 is 0 Å². The number of carbonyl (C=O) groups excluding carboxylic acids is 2. The lowest BCUT2D eigenvalue weighted by atomic mass is 9.93. The summed E-state index contributed by atoms with van der Waals surface area (Å²) in [5, 5.41) is 11.4. The highest BCUT2D eigenvalue weighted by atomic mass is 16.6. The van der Waals surface area contributed by atoms with Crippen LogP contribution in [0.5, 0.6) is 23.0 Å². The third-order valence-corrected chi connectivity index (χ3v) is 6.37. The van der Waals surface area contributed by atoms with Crippen molar-refractivity contribution in [1.29, 1.82) is 0 Å². The molecule has 2 heterocycles. The molecule has 2 aliphatic rings. The quantitative estimate of drug-likeness (QED) is 0.324. The standard InChI is InChI=1S/C28H25NO7/c1-16-14-20(34-3)9-10-21(16)26(30)24-25(17-4-7-19(33-2)8-5-17)29(28(32)27(24)31)18-6-11-22-23(15-18)36-13-12-35-22/h4-11,14-15,25,30H,12-13H2,1-3H3/b26-24+. The second-order valence-electron chi connectivity index (χ2n) is 8.45. The van der Waals surface area contributed by atoms with E-state index in [1.54, 1.807) is 81.8 Å². The predicted molar refractivity (Wildman–Crippen MR) is 133 cm³/mol. The number of aliphatic hydroxyl groups is 1. The molecule has 184 valence electrons. The molecule has 5 rings (SSSR count). The SMILES string of the molecule is COc1ccc(C2/C(=C(\O)c3ccc(OC)cc3C)C(=O)C(=O)N2c2ccc3c(c2)OCCO3)cc1. The Bertz CT molecular complexity index is 1380. The molecule has 3 aromatic carbocycles. The molecule has 1 atom stereocenters. The van der Waals surface area contributed by atoms with E-state index < -0.39 is 17.7 Å². The Morgan fingerprint density at radius 2 is 1.56 bits per heavy atom. The molecule has 2 aliphatic heterocycles. The minimum atomic E-state index is -0.875. The first kappa shape index (κ1) is 23.3. The maximum atomic E-state index is 13.4. The van der Waals surface area contributed by atoms with Crippen LogP contribution in [0.4, 0.5) is 5.69 Å². The number of methoxy groups -OCH3 is 2. The van der Waals surface area contributed by atoms with E-state index in [9.17, 15) is 14.7 Å². The molecule has 0 radical (unpaired) electrons. The number of anilines is 1. The summed E-state index contributed by atoms with van der Waals surface area (Å²) in [7, 11) is 3.11. The van der Waals surface area contributed by atoms with E-state index in [1.807, 2.05) is 0 Å². The lowest BCUT2D eigenvalue weighted by molar-refractivity contribution is -0.132. The second-order valence-corrected chi connectivity index (χ2v) is 8.45. The number of benzene rings is 3. The molecule has 0 aliphatic carbocycles. The van der Waals surface area contributed by atoms with Crippen molar-refractivity contribution in [3.8, 4) is 23.0 Å². The number of aliphatic hydroxyl groups excluding tert-OH is 1. The van der Waals surface area contributed by atoms with Crippen molar-refractivity contribution in [2.45, 2.75) is 13.0 Å². The fourth-order valence-corrected chi connectivity index (χ4v) is 4.56. The van der Waals surface area contributed by atoms with Crippen LogP contribution in [0.3, 0.4) is 0 Å². The van der Waals surface area contributed by atoms with Gasteiger partial charge in [0.1, 0.15) is 30.5 Å². The second kappa shape index (κ2) is 9.30. The van der Waals surface area contributed by atoms with E-state index in [-0.39, 0.29) is 11.3 Å². The normalized spacial score (nSPS) is 18.3. The Morgan fingerprint density at radius 1 is 0.889 bits per heavy atom. The van der Waals surface area contributed by atoms with Crippen molar-refractivity contribution in [3.05, 3.63) is 82.9 Å². The molecule has 1 amide bonds. The van der Waals surface area contributed by atoms with Gasteiger partial charge in [-0.15, -0.1) is 0 Å². The number of hydrogen-bond acceptors (Lipinski definition) is 7. The largest absolute Gasteiger partial charge is 0.507 e. The molecule has 8 nitrogen and oxygen atoms in total. The van der Waals surface area contributed by atoms with Gasteiger partial charge in [0.2, 0.25) is 0 Å². The lowest BCUT2D eigenvalue weighted by Gasteiger charge is -2.27. The van der Waals surface area contributed by atoms with Crippen molar-refractivity contribution in [1.82, 2.24) is 0 Å². The number of ketones is 1. The van der Waals surface area contributed by atoms with Crippen LogP contribution in [0.15, 0.2) is 66.2 Å². The highest BCUT2D eigenvalue weighted by Gasteiger charge is 2.47. The van der Waals surface area contributed by atoms with Gasteiger partial charge in [-0.05, 0) is 60.5 Å². The maximum Gasteiger partial charge on any atom is 0.300 e. The minimum absolute atomic E-state index is 0.00618. The number of carbonyl (C=O) groups is 2. The van der Waals surface area contributed by atoms with Gasteiger partial charge in [0.15, 0.2) is 11.5 Å². The Labute approximate surface area is 208 Å². The van der Waals surface area contributed by atoms with E-state index in [1.165, 1.54) is 4.90 Å². The molecule has 0 spiro atoms.